The van der Waals surface area contributed by atoms with E-state index in [1.807, 2.05) is 0 Å². The van der Waals surface area contributed by atoms with Gasteiger partial charge in [0.2, 0.25) is 0 Å². The normalized spacial score (nSPS) is 20.7. The predicted octanol–water partition coefficient (Wildman–Crippen LogP) is 0.852. The van der Waals surface area contributed by atoms with Crippen LogP contribution in [0.5, 0.6) is 0 Å². The zero-order valence-electron chi connectivity index (χ0n) is 19.5. The fourth-order valence-corrected chi connectivity index (χ4v) is 6.14. The van der Waals surface area contributed by atoms with Crippen molar-refractivity contribution < 1.29 is 40.6 Å². The van der Waals surface area contributed by atoms with Gasteiger partial charge in [0, 0.05) is 35.4 Å². The first-order valence-corrected chi connectivity index (χ1v) is 14.6. The van der Waals surface area contributed by atoms with Gasteiger partial charge in [0.25, 0.3) is 20.2 Å². The molecule has 1 unspecified atom stereocenters. The molecule has 2 aliphatic rings. The third-order valence-electron chi connectivity index (χ3n) is 6.61. The van der Waals surface area contributed by atoms with Crippen molar-refractivity contribution >= 4 is 43.2 Å². The van der Waals surface area contributed by atoms with Crippen LogP contribution in [-0.4, -0.2) is 73.1 Å². The summed E-state index contributed by atoms with van der Waals surface area (Å²) in [6, 6.07) is 6.94. The van der Waals surface area contributed by atoms with Crippen molar-refractivity contribution in [1.29, 1.82) is 0 Å². The van der Waals surface area contributed by atoms with Crippen LogP contribution in [0, 0.1) is 0 Å². The first-order chi connectivity index (χ1) is 17.3. The van der Waals surface area contributed by atoms with Crippen molar-refractivity contribution in [2.24, 2.45) is 0 Å². The van der Waals surface area contributed by atoms with E-state index in [4.69, 9.17) is 10.3 Å². The second kappa shape index (κ2) is 10.1. The quantitative estimate of drug-likeness (QED) is 0.169. The minimum Gasteiger partial charge on any atom is -0.397 e. The molecule has 0 bridgehead atoms. The number of benzene rings is 2. The number of ketones is 2. The molecule has 2 aliphatic carbocycles. The van der Waals surface area contributed by atoms with Gasteiger partial charge in [0.1, 0.15) is 10.6 Å². The van der Waals surface area contributed by atoms with Crippen LogP contribution >= 0.6 is 0 Å². The maximum absolute atomic E-state index is 13.4. The van der Waals surface area contributed by atoms with Crippen molar-refractivity contribution in [3.63, 3.8) is 0 Å². The molecule has 200 valence electrons. The van der Waals surface area contributed by atoms with Crippen LogP contribution in [0.15, 0.2) is 35.2 Å². The van der Waals surface area contributed by atoms with Gasteiger partial charge < -0.3 is 21.5 Å². The number of hydrogen-bond donors (Lipinski definition) is 6. The summed E-state index contributed by atoms with van der Waals surface area (Å²) in [5.41, 5.74) is 5.50. The molecule has 1 saturated carbocycles. The number of fused-ring (bicyclic) bond motifs is 2. The van der Waals surface area contributed by atoms with Crippen LogP contribution in [0.25, 0.3) is 0 Å². The lowest BCUT2D eigenvalue weighted by atomic mass is 9.82. The lowest BCUT2D eigenvalue weighted by molar-refractivity contribution is 0.0980. The third kappa shape index (κ3) is 5.84. The standard InChI is InChI=1S/C23H27N3O9S2/c24-21-18(37(33,34)35)9-17(19-20(21)23(29)16-4-2-1-3-15(16)22(19)28)26-13-7-5-12(6-8-13)25-10-14(27)11-36(30,31)32/h1-4,9,12-14,25-27H,5-8,10-11,24H2,(H,30,31,32)(H,33,34,35). The molecule has 0 spiro atoms. The Bertz CT molecular complexity index is 1460. The number of hydrogen-bond acceptors (Lipinski definition) is 10. The van der Waals surface area contributed by atoms with E-state index in [-0.39, 0.29) is 46.6 Å². The zero-order valence-corrected chi connectivity index (χ0v) is 21.2. The Balaban J connectivity index is 1.57. The second-order valence-corrected chi connectivity index (χ2v) is 12.2. The van der Waals surface area contributed by atoms with E-state index in [9.17, 15) is 36.1 Å². The molecule has 0 aliphatic heterocycles. The highest BCUT2D eigenvalue weighted by Crippen LogP contribution is 2.40. The number of anilines is 2. The third-order valence-corrected chi connectivity index (χ3v) is 8.31. The smallest absolute Gasteiger partial charge is 0.296 e. The Labute approximate surface area is 213 Å². The molecule has 0 radical (unpaired) electrons. The van der Waals surface area contributed by atoms with E-state index in [1.54, 1.807) is 12.1 Å². The van der Waals surface area contributed by atoms with Gasteiger partial charge in [-0.2, -0.15) is 16.8 Å². The maximum atomic E-state index is 13.4. The first-order valence-electron chi connectivity index (χ1n) is 11.5. The minimum atomic E-state index is -4.81. The molecule has 2 aromatic carbocycles. The highest BCUT2D eigenvalue weighted by Gasteiger charge is 2.37. The van der Waals surface area contributed by atoms with Gasteiger partial charge in [-0.15, -0.1) is 0 Å². The molecule has 37 heavy (non-hydrogen) atoms. The van der Waals surface area contributed by atoms with Crippen molar-refractivity contribution in [2.75, 3.05) is 23.3 Å². The summed E-state index contributed by atoms with van der Waals surface area (Å²) in [6.45, 7) is -0.0260. The first kappa shape index (κ1) is 27.2. The number of carbonyl (C=O) groups is 2. The lowest BCUT2D eigenvalue weighted by Gasteiger charge is -2.32. The zero-order chi connectivity index (χ0) is 27.1. The lowest BCUT2D eigenvalue weighted by Crippen LogP contribution is -2.42. The summed E-state index contributed by atoms with van der Waals surface area (Å²) in [6.07, 6.45) is 1.07. The Kier molecular flexibility index (Phi) is 7.43. The number of rotatable bonds is 8. The molecular weight excluding hydrogens is 526 g/mol. The summed E-state index contributed by atoms with van der Waals surface area (Å²) in [4.78, 5) is 25.9. The monoisotopic (exact) mass is 553 g/mol. The number of carbonyl (C=O) groups excluding carboxylic acids is 2. The van der Waals surface area contributed by atoms with Gasteiger partial charge in [-0.1, -0.05) is 24.3 Å². The highest BCUT2D eigenvalue weighted by molar-refractivity contribution is 7.86. The van der Waals surface area contributed by atoms with E-state index < -0.39 is 54.2 Å². The summed E-state index contributed by atoms with van der Waals surface area (Å²) in [7, 11) is -9.10. The summed E-state index contributed by atoms with van der Waals surface area (Å²) >= 11 is 0. The Morgan fingerprint density at radius 3 is 2.00 bits per heavy atom. The van der Waals surface area contributed by atoms with Crippen LogP contribution in [0.2, 0.25) is 0 Å². The van der Waals surface area contributed by atoms with E-state index in [1.165, 1.54) is 12.1 Å². The van der Waals surface area contributed by atoms with Gasteiger partial charge in [0.15, 0.2) is 11.6 Å². The van der Waals surface area contributed by atoms with E-state index in [0.29, 0.717) is 25.7 Å². The molecule has 12 nitrogen and oxygen atoms in total. The summed E-state index contributed by atoms with van der Waals surface area (Å²) < 4.78 is 64.4. The number of aliphatic hydroxyl groups excluding tert-OH is 1. The molecule has 0 aromatic heterocycles. The Morgan fingerprint density at radius 1 is 0.919 bits per heavy atom. The number of nitrogen functional groups attached to an aromatic ring is 1. The van der Waals surface area contributed by atoms with Crippen molar-refractivity contribution in [2.45, 2.75) is 48.8 Å². The topological polar surface area (TPSA) is 213 Å². The van der Waals surface area contributed by atoms with Gasteiger partial charge in [-0.25, -0.2) is 0 Å². The van der Waals surface area contributed by atoms with E-state index in [0.717, 1.165) is 6.07 Å². The van der Waals surface area contributed by atoms with Crippen LogP contribution in [0.4, 0.5) is 11.4 Å². The molecule has 7 N–H and O–H groups in total. The maximum Gasteiger partial charge on any atom is 0.296 e. The molecule has 0 amide bonds. The van der Waals surface area contributed by atoms with Gasteiger partial charge in [-0.05, 0) is 31.7 Å². The SMILES string of the molecule is Nc1c(S(=O)(=O)O)cc(NC2CCC(NCC(O)CS(=O)(=O)O)CC2)c2c1C(=O)c1ccccc1C2=O. The molecule has 0 heterocycles. The van der Waals surface area contributed by atoms with Gasteiger partial charge in [0.05, 0.1) is 22.9 Å². The Morgan fingerprint density at radius 2 is 1.46 bits per heavy atom. The minimum absolute atomic E-state index is 0.0260. The summed E-state index contributed by atoms with van der Waals surface area (Å²) in [5, 5.41) is 16.0. The molecule has 1 atom stereocenters. The van der Waals surface area contributed by atoms with E-state index >= 15 is 0 Å². The average molecular weight is 554 g/mol. The van der Waals surface area contributed by atoms with Gasteiger partial charge in [-0.3, -0.25) is 18.7 Å². The molecule has 1 fully saturated rings. The van der Waals surface area contributed by atoms with Crippen molar-refractivity contribution in [3.8, 4) is 0 Å². The van der Waals surface area contributed by atoms with Crippen molar-refractivity contribution in [1.82, 2.24) is 5.32 Å². The molecule has 14 heteroatoms. The van der Waals surface area contributed by atoms with Gasteiger partial charge >= 0.3 is 0 Å². The Hall–Kier alpha value is -2.88. The average Bonchev–Trinajstić information content (AvgIpc) is 2.81. The highest BCUT2D eigenvalue weighted by atomic mass is 32.2. The predicted molar refractivity (Wildman–Crippen MR) is 134 cm³/mol. The fourth-order valence-electron chi connectivity index (χ4n) is 4.89. The van der Waals surface area contributed by atoms with E-state index in [2.05, 4.69) is 10.6 Å². The second-order valence-electron chi connectivity index (χ2n) is 9.27. The van der Waals surface area contributed by atoms with Crippen LogP contribution in [0.1, 0.15) is 57.5 Å². The summed E-state index contributed by atoms with van der Waals surface area (Å²) in [5.74, 6) is -1.89. The fraction of sp³-hybridized carbons (Fsp3) is 0.391. The molecule has 4 rings (SSSR count). The molecular formula is C23H27N3O9S2. The largest absolute Gasteiger partial charge is 0.397 e. The van der Waals surface area contributed by atoms with Crippen LogP contribution in [0.3, 0.4) is 0 Å². The van der Waals surface area contributed by atoms with Crippen LogP contribution in [-0.2, 0) is 20.2 Å². The molecule has 2 aromatic rings. The number of nitrogens with two attached hydrogens (primary N) is 1. The molecule has 0 saturated heterocycles. The number of aliphatic hydroxyl groups is 1. The van der Waals surface area contributed by atoms with Crippen molar-refractivity contribution in [3.05, 3.63) is 52.6 Å². The number of nitrogens with one attached hydrogen (secondary N) is 2. The van der Waals surface area contributed by atoms with Crippen LogP contribution < -0.4 is 16.4 Å².